The first kappa shape index (κ1) is 16.6. The van der Waals surface area contributed by atoms with Crippen LogP contribution >= 0.6 is 0 Å². The number of aryl methyl sites for hydroxylation is 1. The summed E-state index contributed by atoms with van der Waals surface area (Å²) in [4.78, 5) is 12.9. The van der Waals surface area contributed by atoms with Crippen LogP contribution in [-0.2, 0) is 6.54 Å². The van der Waals surface area contributed by atoms with Crippen LogP contribution in [0.25, 0.3) is 10.9 Å². The lowest BCUT2D eigenvalue weighted by Gasteiger charge is -2.21. The zero-order valence-corrected chi connectivity index (χ0v) is 14.6. The first-order valence-electron chi connectivity index (χ1n) is 7.94. The van der Waals surface area contributed by atoms with E-state index in [9.17, 15) is 4.79 Å². The summed E-state index contributed by atoms with van der Waals surface area (Å²) in [6.07, 6.45) is 0.959. The summed E-state index contributed by atoms with van der Waals surface area (Å²) in [7, 11) is 1.65. The number of hydrogen-bond donors (Lipinski definition) is 0. The number of aromatic nitrogens is 1. The lowest BCUT2D eigenvalue weighted by molar-refractivity contribution is 0.350. The van der Waals surface area contributed by atoms with E-state index in [4.69, 9.17) is 4.74 Å². The number of rotatable bonds is 4. The van der Waals surface area contributed by atoms with Crippen LogP contribution < -0.4 is 10.3 Å². The van der Waals surface area contributed by atoms with Crippen molar-refractivity contribution in [2.75, 3.05) is 7.11 Å². The van der Waals surface area contributed by atoms with Crippen LogP contribution in [0.5, 0.6) is 5.75 Å². The number of ether oxygens (including phenoxy) is 1. The topological polar surface area (TPSA) is 31.2 Å². The van der Waals surface area contributed by atoms with Gasteiger partial charge in [-0.05, 0) is 41.3 Å². The molecule has 120 valence electrons. The molecule has 0 bridgehead atoms. The van der Waals surface area contributed by atoms with Crippen molar-refractivity contribution in [2.24, 2.45) is 5.41 Å². The zero-order chi connectivity index (χ0) is 16.5. The molecule has 0 aliphatic carbocycles. The molecule has 2 aromatic rings. The molecule has 2 rings (SSSR count). The van der Waals surface area contributed by atoms with Gasteiger partial charge in [0.15, 0.2) is 0 Å². The third-order valence-electron chi connectivity index (χ3n) is 4.04. The summed E-state index contributed by atoms with van der Waals surface area (Å²) in [6.45, 7) is 11.5. The molecule has 0 fully saturated rings. The molecule has 1 aromatic heterocycles. The van der Waals surface area contributed by atoms with Gasteiger partial charge in [0.05, 0.1) is 12.6 Å². The minimum Gasteiger partial charge on any atom is -0.497 e. The van der Waals surface area contributed by atoms with Gasteiger partial charge in [0.2, 0.25) is 0 Å². The van der Waals surface area contributed by atoms with Gasteiger partial charge in [-0.3, -0.25) is 4.79 Å². The van der Waals surface area contributed by atoms with Crippen molar-refractivity contribution in [1.29, 1.82) is 0 Å². The van der Waals surface area contributed by atoms with Crippen LogP contribution in [0.4, 0.5) is 0 Å². The van der Waals surface area contributed by atoms with Crippen LogP contribution in [0.2, 0.25) is 0 Å². The molecule has 22 heavy (non-hydrogen) atoms. The third kappa shape index (κ3) is 3.52. The maximum Gasteiger partial charge on any atom is 0.254 e. The van der Waals surface area contributed by atoms with Crippen LogP contribution in [0.15, 0.2) is 29.1 Å². The standard InChI is InChI=1S/C19H27NO2/c1-13(2)16-11-14-7-8-15(22-6)12-17(14)20(18(16)21)10-9-19(3,4)5/h7-8,11-13H,9-10H2,1-6H3. The van der Waals surface area contributed by atoms with E-state index in [1.807, 2.05) is 28.8 Å². The number of fused-ring (bicyclic) bond motifs is 1. The predicted octanol–water partition coefficient (Wildman–Crippen LogP) is 4.57. The van der Waals surface area contributed by atoms with E-state index in [1.165, 1.54) is 0 Å². The highest BCUT2D eigenvalue weighted by Crippen LogP contribution is 2.25. The second kappa shape index (κ2) is 6.15. The Bertz CT molecular complexity index is 721. The lowest BCUT2D eigenvalue weighted by Crippen LogP contribution is -2.26. The van der Waals surface area contributed by atoms with Crippen molar-refractivity contribution >= 4 is 10.9 Å². The third-order valence-corrected chi connectivity index (χ3v) is 4.04. The van der Waals surface area contributed by atoms with Gasteiger partial charge in [-0.15, -0.1) is 0 Å². The number of hydrogen-bond acceptors (Lipinski definition) is 2. The Morgan fingerprint density at radius 3 is 2.41 bits per heavy atom. The average molecular weight is 301 g/mol. The minimum absolute atomic E-state index is 0.125. The highest BCUT2D eigenvalue weighted by atomic mass is 16.5. The van der Waals surface area contributed by atoms with Gasteiger partial charge < -0.3 is 9.30 Å². The molecule has 0 aliphatic heterocycles. The lowest BCUT2D eigenvalue weighted by atomic mass is 9.92. The maximum atomic E-state index is 12.9. The molecule has 0 atom stereocenters. The van der Waals surface area contributed by atoms with E-state index in [-0.39, 0.29) is 16.9 Å². The van der Waals surface area contributed by atoms with Crippen LogP contribution in [-0.4, -0.2) is 11.7 Å². The fourth-order valence-electron chi connectivity index (χ4n) is 2.58. The molecule has 3 heteroatoms. The Kier molecular flexibility index (Phi) is 4.64. The highest BCUT2D eigenvalue weighted by Gasteiger charge is 2.16. The van der Waals surface area contributed by atoms with E-state index >= 15 is 0 Å². The molecule has 0 spiro atoms. The molecule has 1 heterocycles. The second-order valence-corrected chi connectivity index (χ2v) is 7.45. The maximum absolute atomic E-state index is 12.9. The molecule has 0 saturated carbocycles. The van der Waals surface area contributed by atoms with E-state index in [0.717, 1.165) is 35.2 Å². The van der Waals surface area contributed by atoms with Crippen LogP contribution in [0, 0.1) is 5.41 Å². The molecule has 0 unspecified atom stereocenters. The molecule has 0 aliphatic rings. The summed E-state index contributed by atoms with van der Waals surface area (Å²) >= 11 is 0. The van der Waals surface area contributed by atoms with Gasteiger partial charge in [-0.2, -0.15) is 0 Å². The van der Waals surface area contributed by atoms with Gasteiger partial charge in [0.25, 0.3) is 5.56 Å². The molecule has 0 saturated heterocycles. The van der Waals surface area contributed by atoms with Gasteiger partial charge >= 0.3 is 0 Å². The summed E-state index contributed by atoms with van der Waals surface area (Å²) in [5, 5.41) is 1.10. The largest absolute Gasteiger partial charge is 0.497 e. The molecular formula is C19H27NO2. The first-order chi connectivity index (χ1) is 10.2. The number of nitrogens with zero attached hydrogens (tertiary/aromatic N) is 1. The summed E-state index contributed by atoms with van der Waals surface area (Å²) in [5.74, 6) is 1.01. The van der Waals surface area contributed by atoms with E-state index < -0.39 is 0 Å². The Morgan fingerprint density at radius 1 is 1.18 bits per heavy atom. The first-order valence-corrected chi connectivity index (χ1v) is 7.94. The quantitative estimate of drug-likeness (QED) is 0.828. The second-order valence-electron chi connectivity index (χ2n) is 7.45. The highest BCUT2D eigenvalue weighted by molar-refractivity contribution is 5.81. The minimum atomic E-state index is 0.125. The summed E-state index contributed by atoms with van der Waals surface area (Å²) in [5.41, 5.74) is 2.16. The fourth-order valence-corrected chi connectivity index (χ4v) is 2.58. The SMILES string of the molecule is COc1ccc2cc(C(C)C)c(=O)n(CCC(C)(C)C)c2c1. The Hall–Kier alpha value is -1.77. The molecule has 0 N–H and O–H groups in total. The Morgan fingerprint density at radius 2 is 1.86 bits per heavy atom. The van der Waals surface area contributed by atoms with Crippen LogP contribution in [0.1, 0.15) is 52.5 Å². The van der Waals surface area contributed by atoms with Crippen molar-refractivity contribution in [3.8, 4) is 5.75 Å². The van der Waals surface area contributed by atoms with Crippen molar-refractivity contribution < 1.29 is 4.74 Å². The number of methoxy groups -OCH3 is 1. The van der Waals surface area contributed by atoms with E-state index in [1.54, 1.807) is 7.11 Å². The van der Waals surface area contributed by atoms with Gasteiger partial charge in [-0.1, -0.05) is 34.6 Å². The van der Waals surface area contributed by atoms with Crippen molar-refractivity contribution in [3.05, 3.63) is 40.2 Å². The number of benzene rings is 1. The van der Waals surface area contributed by atoms with Crippen molar-refractivity contribution in [1.82, 2.24) is 4.57 Å². The zero-order valence-electron chi connectivity index (χ0n) is 14.6. The van der Waals surface area contributed by atoms with Crippen LogP contribution in [0.3, 0.4) is 0 Å². The van der Waals surface area contributed by atoms with Gasteiger partial charge in [-0.25, -0.2) is 0 Å². The Balaban J connectivity index is 2.66. The van der Waals surface area contributed by atoms with Gasteiger partial charge in [0, 0.05) is 18.2 Å². The monoisotopic (exact) mass is 301 g/mol. The fraction of sp³-hybridized carbons (Fsp3) is 0.526. The molecule has 0 amide bonds. The summed E-state index contributed by atoms with van der Waals surface area (Å²) < 4.78 is 7.24. The number of pyridine rings is 1. The van der Waals surface area contributed by atoms with E-state index in [2.05, 4.69) is 34.6 Å². The van der Waals surface area contributed by atoms with Crippen molar-refractivity contribution in [3.63, 3.8) is 0 Å². The Labute approximate surface area is 132 Å². The molecule has 1 aromatic carbocycles. The average Bonchev–Trinajstić information content (AvgIpc) is 2.43. The van der Waals surface area contributed by atoms with E-state index in [0.29, 0.717) is 0 Å². The predicted molar refractivity (Wildman–Crippen MR) is 92.9 cm³/mol. The molecule has 3 nitrogen and oxygen atoms in total. The van der Waals surface area contributed by atoms with Crippen molar-refractivity contribution in [2.45, 2.75) is 53.5 Å². The normalized spacial score (nSPS) is 12.1. The molecule has 0 radical (unpaired) electrons. The van der Waals surface area contributed by atoms with Gasteiger partial charge in [0.1, 0.15) is 5.75 Å². The molecular weight excluding hydrogens is 274 g/mol. The summed E-state index contributed by atoms with van der Waals surface area (Å²) in [6, 6.07) is 7.97. The smallest absolute Gasteiger partial charge is 0.254 e.